The summed E-state index contributed by atoms with van der Waals surface area (Å²) in [5, 5.41) is 9.71. The van der Waals surface area contributed by atoms with E-state index in [1.165, 1.54) is 5.56 Å². The van der Waals surface area contributed by atoms with Gasteiger partial charge in [-0.15, -0.1) is 0 Å². The smallest absolute Gasteiger partial charge is 0.160 e. The lowest BCUT2D eigenvalue weighted by Gasteiger charge is -2.10. The Morgan fingerprint density at radius 1 is 0.886 bits per heavy atom. The average molecular weight is 459 g/mol. The fourth-order valence-corrected chi connectivity index (χ4v) is 4.49. The van der Waals surface area contributed by atoms with Crippen LogP contribution in [0.5, 0.6) is 0 Å². The van der Waals surface area contributed by atoms with E-state index < -0.39 is 0 Å². The molecule has 35 heavy (non-hydrogen) atoms. The standard InChI is InChI=1S/C29H26N6/c1-5-27-34-28-19(3)12-20(4)33-29(28)35(27)17-26-31-15-24(16-32-26)25-13-22(9-10-23(25)14-30)21-8-6-7-18(2)11-21/h6-13,15-16H,5,17H2,1-4H3. The van der Waals surface area contributed by atoms with Crippen LogP contribution in [0.4, 0.5) is 0 Å². The second-order valence-corrected chi connectivity index (χ2v) is 8.85. The lowest BCUT2D eigenvalue weighted by Crippen LogP contribution is -2.08. The molecule has 5 rings (SSSR count). The molecule has 5 aromatic rings. The minimum absolute atomic E-state index is 0.490. The second-order valence-electron chi connectivity index (χ2n) is 8.85. The van der Waals surface area contributed by atoms with Crippen LogP contribution in [0.3, 0.4) is 0 Å². The highest BCUT2D eigenvalue weighted by atomic mass is 15.1. The molecule has 0 unspecified atom stereocenters. The molecule has 3 heterocycles. The molecule has 0 bridgehead atoms. The summed E-state index contributed by atoms with van der Waals surface area (Å²) >= 11 is 0. The predicted octanol–water partition coefficient (Wildman–Crippen LogP) is 5.96. The molecular formula is C29H26N6. The molecular weight excluding hydrogens is 432 g/mol. The number of aryl methyl sites for hydroxylation is 4. The van der Waals surface area contributed by atoms with E-state index >= 15 is 0 Å². The number of nitriles is 1. The summed E-state index contributed by atoms with van der Waals surface area (Å²) in [5.41, 5.74) is 9.49. The Hall–Kier alpha value is -4.37. The van der Waals surface area contributed by atoms with Crippen molar-refractivity contribution in [2.75, 3.05) is 0 Å². The summed E-state index contributed by atoms with van der Waals surface area (Å²) in [6, 6.07) is 18.6. The fourth-order valence-electron chi connectivity index (χ4n) is 4.49. The Morgan fingerprint density at radius 3 is 2.37 bits per heavy atom. The third-order valence-corrected chi connectivity index (χ3v) is 6.22. The first-order chi connectivity index (χ1) is 17.0. The van der Waals surface area contributed by atoms with E-state index in [4.69, 9.17) is 9.97 Å². The van der Waals surface area contributed by atoms with Gasteiger partial charge in [0, 0.05) is 35.6 Å². The van der Waals surface area contributed by atoms with Crippen molar-refractivity contribution in [1.82, 2.24) is 24.5 Å². The molecule has 0 N–H and O–H groups in total. The van der Waals surface area contributed by atoms with Crippen LogP contribution in [-0.2, 0) is 13.0 Å². The van der Waals surface area contributed by atoms with Gasteiger partial charge in [0.1, 0.15) is 17.2 Å². The molecule has 172 valence electrons. The number of rotatable bonds is 5. The molecule has 0 atom stereocenters. The molecule has 0 aliphatic carbocycles. The van der Waals surface area contributed by atoms with Gasteiger partial charge >= 0.3 is 0 Å². The SMILES string of the molecule is CCc1nc2c(C)cc(C)nc2n1Cc1ncc(-c2cc(-c3cccc(C)c3)ccc2C#N)cn1. The summed E-state index contributed by atoms with van der Waals surface area (Å²) in [5.74, 6) is 1.64. The monoisotopic (exact) mass is 458 g/mol. The minimum Gasteiger partial charge on any atom is -0.305 e. The first kappa shape index (κ1) is 22.4. The summed E-state index contributed by atoms with van der Waals surface area (Å²) in [6.45, 7) is 8.72. The number of hydrogen-bond acceptors (Lipinski definition) is 5. The van der Waals surface area contributed by atoms with E-state index in [-0.39, 0.29) is 0 Å². The van der Waals surface area contributed by atoms with E-state index in [2.05, 4.69) is 65.6 Å². The lowest BCUT2D eigenvalue weighted by atomic mass is 9.96. The fraction of sp³-hybridized carbons (Fsp3) is 0.207. The van der Waals surface area contributed by atoms with Crippen molar-refractivity contribution in [3.05, 3.63) is 95.0 Å². The molecule has 0 radical (unpaired) electrons. The Bertz CT molecular complexity index is 1590. The first-order valence-electron chi connectivity index (χ1n) is 11.7. The summed E-state index contributed by atoms with van der Waals surface area (Å²) in [7, 11) is 0. The maximum atomic E-state index is 9.71. The van der Waals surface area contributed by atoms with Gasteiger partial charge in [-0.1, -0.05) is 42.8 Å². The van der Waals surface area contributed by atoms with Gasteiger partial charge in [-0.25, -0.2) is 19.9 Å². The number of hydrogen-bond donors (Lipinski definition) is 0. The minimum atomic E-state index is 0.490. The first-order valence-corrected chi connectivity index (χ1v) is 11.7. The van der Waals surface area contributed by atoms with Crippen LogP contribution in [0.1, 0.15) is 41.0 Å². The molecule has 6 nitrogen and oxygen atoms in total. The number of pyridine rings is 1. The van der Waals surface area contributed by atoms with Crippen molar-refractivity contribution in [3.63, 3.8) is 0 Å². The van der Waals surface area contributed by atoms with Crippen LogP contribution in [0.2, 0.25) is 0 Å². The van der Waals surface area contributed by atoms with E-state index in [1.54, 1.807) is 12.4 Å². The highest BCUT2D eigenvalue weighted by Gasteiger charge is 2.15. The van der Waals surface area contributed by atoms with Crippen LogP contribution < -0.4 is 0 Å². The topological polar surface area (TPSA) is 80.3 Å². The molecule has 0 spiro atoms. The second kappa shape index (κ2) is 9.11. The normalized spacial score (nSPS) is 11.1. The largest absolute Gasteiger partial charge is 0.305 e. The Morgan fingerprint density at radius 2 is 1.66 bits per heavy atom. The van der Waals surface area contributed by atoms with Crippen LogP contribution in [0, 0.1) is 32.1 Å². The van der Waals surface area contributed by atoms with Gasteiger partial charge in [0.25, 0.3) is 0 Å². The van der Waals surface area contributed by atoms with E-state index in [1.807, 2.05) is 31.2 Å². The molecule has 6 heteroatoms. The highest BCUT2D eigenvalue weighted by Crippen LogP contribution is 2.29. The Labute approximate surface area is 205 Å². The number of nitrogens with zero attached hydrogens (tertiary/aromatic N) is 6. The van der Waals surface area contributed by atoms with Crippen molar-refractivity contribution < 1.29 is 0 Å². The Balaban J connectivity index is 1.51. The number of benzene rings is 2. The molecule has 0 saturated carbocycles. The van der Waals surface area contributed by atoms with Gasteiger partial charge in [0.15, 0.2) is 5.65 Å². The third-order valence-electron chi connectivity index (χ3n) is 6.22. The molecule has 0 aliphatic heterocycles. The van der Waals surface area contributed by atoms with E-state index in [9.17, 15) is 5.26 Å². The molecule has 0 amide bonds. The quantitative estimate of drug-likeness (QED) is 0.324. The van der Waals surface area contributed by atoms with Gasteiger partial charge in [0.2, 0.25) is 0 Å². The maximum Gasteiger partial charge on any atom is 0.160 e. The zero-order chi connectivity index (χ0) is 24.5. The van der Waals surface area contributed by atoms with Crippen molar-refractivity contribution in [2.45, 2.75) is 40.7 Å². The number of imidazole rings is 1. The lowest BCUT2D eigenvalue weighted by molar-refractivity contribution is 0.708. The zero-order valence-corrected chi connectivity index (χ0v) is 20.4. The van der Waals surface area contributed by atoms with Crippen molar-refractivity contribution in [3.8, 4) is 28.3 Å². The average Bonchev–Trinajstić information content (AvgIpc) is 3.21. The van der Waals surface area contributed by atoms with Crippen molar-refractivity contribution in [1.29, 1.82) is 5.26 Å². The molecule has 3 aromatic heterocycles. The molecule has 0 saturated heterocycles. The van der Waals surface area contributed by atoms with Gasteiger partial charge < -0.3 is 4.57 Å². The van der Waals surface area contributed by atoms with Gasteiger partial charge in [-0.3, -0.25) is 0 Å². The van der Waals surface area contributed by atoms with Crippen molar-refractivity contribution >= 4 is 11.2 Å². The molecule has 0 fully saturated rings. The van der Waals surface area contributed by atoms with Gasteiger partial charge in [-0.2, -0.15) is 5.26 Å². The van der Waals surface area contributed by atoms with E-state index in [0.29, 0.717) is 17.9 Å². The summed E-state index contributed by atoms with van der Waals surface area (Å²) < 4.78 is 2.10. The zero-order valence-electron chi connectivity index (χ0n) is 20.4. The predicted molar refractivity (Wildman–Crippen MR) is 138 cm³/mol. The maximum absolute atomic E-state index is 9.71. The van der Waals surface area contributed by atoms with Crippen LogP contribution in [0.25, 0.3) is 33.4 Å². The number of aromatic nitrogens is 5. The highest BCUT2D eigenvalue weighted by molar-refractivity contribution is 5.77. The van der Waals surface area contributed by atoms with E-state index in [0.717, 1.165) is 56.9 Å². The van der Waals surface area contributed by atoms with Gasteiger partial charge in [-0.05, 0) is 55.7 Å². The van der Waals surface area contributed by atoms with Crippen LogP contribution in [-0.4, -0.2) is 24.5 Å². The third kappa shape index (κ3) is 4.29. The molecule has 0 aliphatic rings. The van der Waals surface area contributed by atoms with Gasteiger partial charge in [0.05, 0.1) is 18.2 Å². The number of fused-ring (bicyclic) bond motifs is 1. The molecule has 2 aromatic carbocycles. The van der Waals surface area contributed by atoms with Crippen LogP contribution in [0.15, 0.2) is 60.9 Å². The summed E-state index contributed by atoms with van der Waals surface area (Å²) in [6.07, 6.45) is 4.39. The Kier molecular flexibility index (Phi) is 5.84. The van der Waals surface area contributed by atoms with Crippen LogP contribution >= 0.6 is 0 Å². The van der Waals surface area contributed by atoms with Crippen molar-refractivity contribution in [2.24, 2.45) is 0 Å². The summed E-state index contributed by atoms with van der Waals surface area (Å²) in [4.78, 5) is 18.9.